The molecule has 0 bridgehead atoms. The zero-order valence-electron chi connectivity index (χ0n) is 35.0. The molecule has 2 atom stereocenters. The summed E-state index contributed by atoms with van der Waals surface area (Å²) >= 11 is 0. The Kier molecular flexibility index (Phi) is 39.3. The summed E-state index contributed by atoms with van der Waals surface area (Å²) in [6.07, 6.45) is 51.7. The van der Waals surface area contributed by atoms with Gasteiger partial charge in [-0.1, -0.05) is 130 Å². The van der Waals surface area contributed by atoms with Gasteiger partial charge in [-0.3, -0.25) is 18.6 Å². The number of allylic oxidation sites excluding steroid dienone is 16. The fourth-order valence-corrected chi connectivity index (χ4v) is 5.75. The van der Waals surface area contributed by atoms with Crippen molar-refractivity contribution in [3.8, 4) is 0 Å². The number of nitrogens with one attached hydrogen (secondary N) is 1. The first-order valence-corrected chi connectivity index (χ1v) is 22.7. The van der Waals surface area contributed by atoms with Gasteiger partial charge in [-0.15, -0.1) is 0 Å². The van der Waals surface area contributed by atoms with E-state index < -0.39 is 32.5 Å². The van der Waals surface area contributed by atoms with Gasteiger partial charge in [0.2, 0.25) is 0 Å². The molecule has 9 nitrogen and oxygen atoms in total. The molecule has 0 aromatic carbocycles. The third-order valence-corrected chi connectivity index (χ3v) is 9.17. The highest BCUT2D eigenvalue weighted by Crippen LogP contribution is 2.43. The maximum Gasteiger partial charge on any atom is 0.472 e. The molecule has 0 aromatic rings. The second-order valence-electron chi connectivity index (χ2n) is 13.4. The molecule has 0 aliphatic heterocycles. The number of carbonyl (C=O) groups is 2. The molecule has 0 radical (unpaired) electrons. The number of likely N-dealkylation sites (N-methyl/N-ethyl adjacent to an activating group) is 1. The van der Waals surface area contributed by atoms with Crippen LogP contribution in [0.25, 0.3) is 0 Å². The molecule has 0 amide bonds. The van der Waals surface area contributed by atoms with E-state index in [1.165, 1.54) is 19.3 Å². The van der Waals surface area contributed by atoms with Crippen LogP contribution < -0.4 is 5.32 Å². The van der Waals surface area contributed by atoms with Gasteiger partial charge in [-0.05, 0) is 103 Å². The van der Waals surface area contributed by atoms with Gasteiger partial charge in [0.05, 0.1) is 13.2 Å². The zero-order valence-corrected chi connectivity index (χ0v) is 35.9. The van der Waals surface area contributed by atoms with E-state index in [2.05, 4.69) is 116 Å². The van der Waals surface area contributed by atoms with E-state index in [0.717, 1.165) is 83.5 Å². The fourth-order valence-electron chi connectivity index (χ4n) is 5.00. The molecule has 0 spiro atoms. The summed E-state index contributed by atoms with van der Waals surface area (Å²) in [6, 6.07) is 0. The van der Waals surface area contributed by atoms with Gasteiger partial charge in [0, 0.05) is 19.4 Å². The minimum absolute atomic E-state index is 0.0356. The summed E-state index contributed by atoms with van der Waals surface area (Å²) < 4.78 is 33.1. The number of esters is 2. The Bertz CT molecular complexity index is 1230. The van der Waals surface area contributed by atoms with E-state index >= 15 is 0 Å². The van der Waals surface area contributed by atoms with Crippen LogP contribution in [-0.4, -0.2) is 56.3 Å². The van der Waals surface area contributed by atoms with Crippen molar-refractivity contribution < 1.29 is 37.6 Å². The third kappa shape index (κ3) is 40.6. The van der Waals surface area contributed by atoms with Crippen LogP contribution in [0.5, 0.6) is 0 Å². The maximum atomic E-state index is 12.6. The van der Waals surface area contributed by atoms with Crippen molar-refractivity contribution in [1.82, 2.24) is 5.32 Å². The lowest BCUT2D eigenvalue weighted by atomic mass is 10.1. The summed E-state index contributed by atoms with van der Waals surface area (Å²) in [4.78, 5) is 35.0. The highest BCUT2D eigenvalue weighted by molar-refractivity contribution is 7.47. The van der Waals surface area contributed by atoms with E-state index in [0.29, 0.717) is 19.4 Å². The molecule has 0 aliphatic rings. The lowest BCUT2D eigenvalue weighted by Crippen LogP contribution is -2.29. The monoisotopic (exact) mass is 802 g/mol. The van der Waals surface area contributed by atoms with Crippen LogP contribution in [0.2, 0.25) is 0 Å². The number of ether oxygens (including phenoxy) is 2. The maximum absolute atomic E-state index is 12.6. The van der Waals surface area contributed by atoms with Crippen molar-refractivity contribution >= 4 is 19.8 Å². The first-order valence-electron chi connectivity index (χ1n) is 21.2. The van der Waals surface area contributed by atoms with E-state index in [1.54, 1.807) is 7.05 Å². The molecule has 2 N–H and O–H groups in total. The summed E-state index contributed by atoms with van der Waals surface area (Å²) in [5, 5.41) is 2.81. The molecule has 0 saturated carbocycles. The molecular weight excluding hydrogens is 725 g/mol. The number of unbranched alkanes of at least 4 members (excludes halogenated alkanes) is 8. The van der Waals surface area contributed by atoms with Crippen molar-refractivity contribution in [2.24, 2.45) is 0 Å². The first-order chi connectivity index (χ1) is 27.3. The van der Waals surface area contributed by atoms with Crippen LogP contribution in [0.4, 0.5) is 0 Å². The molecule has 56 heavy (non-hydrogen) atoms. The minimum Gasteiger partial charge on any atom is -0.462 e. The van der Waals surface area contributed by atoms with Crippen molar-refractivity contribution in [2.75, 3.05) is 33.4 Å². The zero-order chi connectivity index (χ0) is 41.1. The molecule has 0 fully saturated rings. The highest BCUT2D eigenvalue weighted by Gasteiger charge is 2.26. The van der Waals surface area contributed by atoms with Crippen LogP contribution in [0.3, 0.4) is 0 Å². The second-order valence-corrected chi connectivity index (χ2v) is 14.9. The number of phosphoric ester groups is 1. The number of carbonyl (C=O) groups excluding carboxylic acids is 2. The Morgan fingerprint density at radius 2 is 1.02 bits per heavy atom. The predicted octanol–water partition coefficient (Wildman–Crippen LogP) is 12.1. The average Bonchev–Trinajstić information content (AvgIpc) is 3.18. The number of hydrogen-bond donors (Lipinski definition) is 2. The van der Waals surface area contributed by atoms with Crippen LogP contribution in [0.15, 0.2) is 97.2 Å². The van der Waals surface area contributed by atoms with Crippen LogP contribution in [0, 0.1) is 0 Å². The number of phosphoric acid groups is 1. The largest absolute Gasteiger partial charge is 0.472 e. The average molecular weight is 802 g/mol. The SMILES string of the molecule is CC/C=C\C/C=C\C/C=C\C/C=C\C/C=C\CCCCCC(=O)OCC(COP(=O)(O)OCCNC)OC(=O)CCCC/C=C\C/C=C\C/C=C\CCCCC. The Morgan fingerprint density at radius 3 is 1.52 bits per heavy atom. The second kappa shape index (κ2) is 41.6. The van der Waals surface area contributed by atoms with Crippen molar-refractivity contribution in [1.29, 1.82) is 0 Å². The normalized spacial score (nSPS) is 14.3. The first kappa shape index (κ1) is 52.9. The quantitative estimate of drug-likeness (QED) is 0.0272. The van der Waals surface area contributed by atoms with Gasteiger partial charge in [0.15, 0.2) is 6.10 Å². The van der Waals surface area contributed by atoms with E-state index in [9.17, 15) is 19.0 Å². The Labute approximate surface area is 340 Å². The highest BCUT2D eigenvalue weighted by atomic mass is 31.2. The molecular formula is C46H76NO8P. The summed E-state index contributed by atoms with van der Waals surface area (Å²) in [7, 11) is -2.69. The Balaban J connectivity index is 4.39. The summed E-state index contributed by atoms with van der Waals surface area (Å²) in [5.74, 6) is -0.901. The molecule has 0 aromatic heterocycles. The molecule has 0 aliphatic carbocycles. The number of hydrogen-bond acceptors (Lipinski definition) is 8. The Hall–Kier alpha value is -3.07. The summed E-state index contributed by atoms with van der Waals surface area (Å²) in [6.45, 7) is 3.97. The van der Waals surface area contributed by atoms with Gasteiger partial charge in [0.1, 0.15) is 6.61 Å². The minimum atomic E-state index is -4.37. The molecule has 0 rings (SSSR count). The Morgan fingerprint density at radius 1 is 0.571 bits per heavy atom. The van der Waals surface area contributed by atoms with E-state index in [1.807, 2.05) is 0 Å². The lowest BCUT2D eigenvalue weighted by molar-refractivity contribution is -0.161. The van der Waals surface area contributed by atoms with Crippen LogP contribution in [-0.2, 0) is 32.7 Å². The van der Waals surface area contributed by atoms with Gasteiger partial charge in [-0.2, -0.15) is 0 Å². The predicted molar refractivity (Wildman–Crippen MR) is 233 cm³/mol. The van der Waals surface area contributed by atoms with Crippen LogP contribution in [0.1, 0.15) is 142 Å². The molecule has 318 valence electrons. The van der Waals surface area contributed by atoms with Gasteiger partial charge in [0.25, 0.3) is 0 Å². The van der Waals surface area contributed by atoms with Crippen molar-refractivity contribution in [3.05, 3.63) is 97.2 Å². The fraction of sp³-hybridized carbons (Fsp3) is 0.609. The van der Waals surface area contributed by atoms with Crippen molar-refractivity contribution in [3.63, 3.8) is 0 Å². The molecule has 10 heteroatoms. The molecule has 0 heterocycles. The lowest BCUT2D eigenvalue weighted by Gasteiger charge is -2.20. The van der Waals surface area contributed by atoms with Gasteiger partial charge >= 0.3 is 19.8 Å². The topological polar surface area (TPSA) is 120 Å². The number of rotatable bonds is 38. The van der Waals surface area contributed by atoms with E-state index in [4.69, 9.17) is 18.5 Å². The molecule has 0 saturated heterocycles. The van der Waals surface area contributed by atoms with Crippen LogP contribution >= 0.6 is 7.82 Å². The smallest absolute Gasteiger partial charge is 0.462 e. The standard InChI is InChI=1S/C46H76NO8P/c1-4-6-8-10-12-14-16-18-20-21-22-23-25-26-28-30-32-34-36-38-45(48)52-42-44(43-54-56(50,51)53-41-40-47-3)55-46(49)39-37-35-33-31-29-27-24-19-17-15-13-11-9-7-5-2/h6,8,12-15,18-20,22-24,26,28-29,31,44,47H,4-5,7,9-11,16-17,21,25,27,30,32-43H2,1-3H3,(H,50,51)/b8-6-,14-12-,15-13-,20-18-,23-22-,24-19-,28-26-,31-29-. The van der Waals surface area contributed by atoms with Gasteiger partial charge < -0.3 is 19.7 Å². The summed E-state index contributed by atoms with van der Waals surface area (Å²) in [5.41, 5.74) is 0. The van der Waals surface area contributed by atoms with E-state index in [-0.39, 0.29) is 26.1 Å². The van der Waals surface area contributed by atoms with Crippen molar-refractivity contribution in [2.45, 2.75) is 148 Å². The molecule has 2 unspecified atom stereocenters. The third-order valence-electron chi connectivity index (χ3n) is 8.19. The van der Waals surface area contributed by atoms with Gasteiger partial charge in [-0.25, -0.2) is 4.57 Å².